The highest BCUT2D eigenvalue weighted by Gasteiger charge is 2.39. The number of benzene rings is 1. The molecule has 19 heavy (non-hydrogen) atoms. The zero-order chi connectivity index (χ0) is 14.8. The maximum absolute atomic E-state index is 12.1. The van der Waals surface area contributed by atoms with Gasteiger partial charge in [-0.2, -0.15) is 0 Å². The van der Waals surface area contributed by atoms with E-state index in [1.165, 1.54) is 25.1 Å². The first-order chi connectivity index (χ1) is 8.55. The molecule has 1 aromatic rings. The second kappa shape index (κ2) is 4.97. The number of hydrogen-bond acceptors (Lipinski definition) is 5. The SMILES string of the molecule is CC(C)(C)OC(=O)[C@](C)(N)c1ccccc1[N+](=O)[O-]. The maximum atomic E-state index is 12.1. The molecule has 0 saturated carbocycles. The van der Waals surface area contributed by atoms with E-state index in [9.17, 15) is 14.9 Å². The molecule has 0 saturated heterocycles. The van der Waals surface area contributed by atoms with Crippen molar-refractivity contribution in [2.24, 2.45) is 5.73 Å². The van der Waals surface area contributed by atoms with E-state index in [4.69, 9.17) is 10.5 Å². The fourth-order valence-electron chi connectivity index (χ4n) is 1.57. The standard InChI is InChI=1S/C13H18N2O4/c1-12(2,3)19-11(16)13(4,14)9-7-5-6-8-10(9)15(17)18/h5-8H,14H2,1-4H3/t13-/m1/s1. The van der Waals surface area contributed by atoms with Crippen molar-refractivity contribution in [3.63, 3.8) is 0 Å². The molecule has 0 aromatic heterocycles. The van der Waals surface area contributed by atoms with Gasteiger partial charge in [-0.25, -0.2) is 4.79 Å². The summed E-state index contributed by atoms with van der Waals surface area (Å²) < 4.78 is 5.21. The Bertz CT molecular complexity index is 504. The Kier molecular flexibility index (Phi) is 3.95. The van der Waals surface area contributed by atoms with Crippen LogP contribution in [0.3, 0.4) is 0 Å². The first-order valence-electron chi connectivity index (χ1n) is 5.82. The van der Waals surface area contributed by atoms with E-state index in [1.54, 1.807) is 26.8 Å². The van der Waals surface area contributed by atoms with Gasteiger partial charge >= 0.3 is 5.97 Å². The number of nitro benzene ring substituents is 1. The molecule has 0 spiro atoms. The third-order valence-electron chi connectivity index (χ3n) is 2.48. The Morgan fingerprint density at radius 1 is 1.26 bits per heavy atom. The Balaban J connectivity index is 3.20. The number of nitro groups is 1. The molecule has 104 valence electrons. The summed E-state index contributed by atoms with van der Waals surface area (Å²) in [4.78, 5) is 22.5. The van der Waals surface area contributed by atoms with Crippen molar-refractivity contribution in [3.8, 4) is 0 Å². The molecule has 6 nitrogen and oxygen atoms in total. The lowest BCUT2D eigenvalue weighted by atomic mass is 9.91. The first-order valence-corrected chi connectivity index (χ1v) is 5.82. The number of carbonyl (C=O) groups is 1. The van der Waals surface area contributed by atoms with Gasteiger partial charge in [-0.15, -0.1) is 0 Å². The highest BCUT2D eigenvalue weighted by Crippen LogP contribution is 2.29. The molecule has 1 aromatic carbocycles. The van der Waals surface area contributed by atoms with Crippen LogP contribution in [0.4, 0.5) is 5.69 Å². The molecule has 1 atom stereocenters. The molecule has 0 heterocycles. The van der Waals surface area contributed by atoms with Crippen LogP contribution >= 0.6 is 0 Å². The van der Waals surface area contributed by atoms with Gasteiger partial charge in [0.05, 0.1) is 10.5 Å². The van der Waals surface area contributed by atoms with E-state index < -0.39 is 22.0 Å². The van der Waals surface area contributed by atoms with Gasteiger partial charge in [-0.05, 0) is 33.8 Å². The highest BCUT2D eigenvalue weighted by molar-refractivity contribution is 5.83. The van der Waals surface area contributed by atoms with E-state index in [0.29, 0.717) is 0 Å². The second-order valence-electron chi connectivity index (χ2n) is 5.48. The molecule has 0 aliphatic heterocycles. The van der Waals surface area contributed by atoms with Gasteiger partial charge in [0, 0.05) is 6.07 Å². The van der Waals surface area contributed by atoms with E-state index in [0.717, 1.165) is 0 Å². The molecule has 0 radical (unpaired) electrons. The molecule has 6 heteroatoms. The average Bonchev–Trinajstić information content (AvgIpc) is 2.26. The van der Waals surface area contributed by atoms with Crippen molar-refractivity contribution >= 4 is 11.7 Å². The van der Waals surface area contributed by atoms with E-state index >= 15 is 0 Å². The molecule has 0 fully saturated rings. The second-order valence-corrected chi connectivity index (χ2v) is 5.48. The number of ether oxygens (including phenoxy) is 1. The maximum Gasteiger partial charge on any atom is 0.331 e. The van der Waals surface area contributed by atoms with Gasteiger partial charge in [0.25, 0.3) is 5.69 Å². The minimum atomic E-state index is -1.57. The highest BCUT2D eigenvalue weighted by atomic mass is 16.6. The van der Waals surface area contributed by atoms with Crippen molar-refractivity contribution in [1.29, 1.82) is 0 Å². The average molecular weight is 266 g/mol. The zero-order valence-electron chi connectivity index (χ0n) is 11.5. The zero-order valence-corrected chi connectivity index (χ0v) is 11.5. The summed E-state index contributed by atoms with van der Waals surface area (Å²) in [5.41, 5.74) is 3.61. The molecule has 0 unspecified atom stereocenters. The molecule has 2 N–H and O–H groups in total. The Labute approximate surface area is 111 Å². The van der Waals surface area contributed by atoms with Crippen molar-refractivity contribution in [2.75, 3.05) is 0 Å². The quantitative estimate of drug-likeness (QED) is 0.513. The molecule has 0 amide bonds. The van der Waals surface area contributed by atoms with E-state index in [1.807, 2.05) is 0 Å². The summed E-state index contributed by atoms with van der Waals surface area (Å²) >= 11 is 0. The molecule has 0 aliphatic rings. The van der Waals surface area contributed by atoms with Crippen LogP contribution < -0.4 is 5.73 Å². The van der Waals surface area contributed by atoms with Crippen LogP contribution in [0.15, 0.2) is 24.3 Å². The number of nitrogens with zero attached hydrogens (tertiary/aromatic N) is 1. The number of esters is 1. The fraction of sp³-hybridized carbons (Fsp3) is 0.462. The van der Waals surface area contributed by atoms with Crippen molar-refractivity contribution < 1.29 is 14.5 Å². The Morgan fingerprint density at radius 3 is 2.26 bits per heavy atom. The lowest BCUT2D eigenvalue weighted by Gasteiger charge is -2.28. The van der Waals surface area contributed by atoms with Crippen LogP contribution in [0, 0.1) is 10.1 Å². The van der Waals surface area contributed by atoms with Crippen LogP contribution in [0.2, 0.25) is 0 Å². The Morgan fingerprint density at radius 2 is 1.79 bits per heavy atom. The van der Waals surface area contributed by atoms with Crippen LogP contribution in [-0.2, 0) is 15.1 Å². The van der Waals surface area contributed by atoms with Gasteiger partial charge in [0.1, 0.15) is 11.1 Å². The van der Waals surface area contributed by atoms with Gasteiger partial charge in [0.2, 0.25) is 0 Å². The van der Waals surface area contributed by atoms with Crippen molar-refractivity contribution in [1.82, 2.24) is 0 Å². The summed E-state index contributed by atoms with van der Waals surface area (Å²) in [7, 11) is 0. The van der Waals surface area contributed by atoms with Crippen LogP contribution in [0.5, 0.6) is 0 Å². The number of carbonyl (C=O) groups excluding carboxylic acids is 1. The van der Waals surface area contributed by atoms with E-state index in [-0.39, 0.29) is 11.3 Å². The summed E-state index contributed by atoms with van der Waals surface area (Å²) in [5, 5.41) is 11.0. The van der Waals surface area contributed by atoms with Gasteiger partial charge < -0.3 is 10.5 Å². The van der Waals surface area contributed by atoms with E-state index in [2.05, 4.69) is 0 Å². The van der Waals surface area contributed by atoms with Crippen LogP contribution in [0.25, 0.3) is 0 Å². The monoisotopic (exact) mass is 266 g/mol. The lowest BCUT2D eigenvalue weighted by molar-refractivity contribution is -0.386. The summed E-state index contributed by atoms with van der Waals surface area (Å²) in [5.74, 6) is -0.700. The molecule has 0 bridgehead atoms. The molecular formula is C13H18N2O4. The largest absolute Gasteiger partial charge is 0.458 e. The number of hydrogen-bond donors (Lipinski definition) is 1. The van der Waals surface area contributed by atoms with Gasteiger partial charge in [-0.3, -0.25) is 10.1 Å². The number of rotatable bonds is 3. The summed E-state index contributed by atoms with van der Waals surface area (Å²) in [6, 6.07) is 5.89. The fourth-order valence-corrected chi connectivity index (χ4v) is 1.57. The van der Waals surface area contributed by atoms with Crippen molar-refractivity contribution in [2.45, 2.75) is 38.8 Å². The minimum absolute atomic E-state index is 0.134. The summed E-state index contributed by atoms with van der Waals surface area (Å²) in [6.45, 7) is 6.53. The van der Waals surface area contributed by atoms with Crippen LogP contribution in [-0.4, -0.2) is 16.5 Å². The molecule has 0 aliphatic carbocycles. The normalized spacial score (nSPS) is 14.6. The predicted octanol–water partition coefficient (Wildman–Crippen LogP) is 2.11. The summed E-state index contributed by atoms with van der Waals surface area (Å²) in [6.07, 6.45) is 0. The smallest absolute Gasteiger partial charge is 0.331 e. The molecular weight excluding hydrogens is 248 g/mol. The Hall–Kier alpha value is -1.95. The van der Waals surface area contributed by atoms with Crippen LogP contribution in [0.1, 0.15) is 33.3 Å². The van der Waals surface area contributed by atoms with Gasteiger partial charge in [-0.1, -0.05) is 12.1 Å². The molecule has 1 rings (SSSR count). The first kappa shape index (κ1) is 15.1. The van der Waals surface area contributed by atoms with Gasteiger partial charge in [0.15, 0.2) is 0 Å². The topological polar surface area (TPSA) is 95.5 Å². The minimum Gasteiger partial charge on any atom is -0.458 e. The number of nitrogens with two attached hydrogens (primary N) is 1. The number of para-hydroxylation sites is 1. The third-order valence-corrected chi connectivity index (χ3v) is 2.48. The lowest BCUT2D eigenvalue weighted by Crippen LogP contribution is -2.46. The third kappa shape index (κ3) is 3.51. The predicted molar refractivity (Wildman–Crippen MR) is 70.5 cm³/mol. The van der Waals surface area contributed by atoms with Crippen molar-refractivity contribution in [3.05, 3.63) is 39.9 Å².